The van der Waals surface area contributed by atoms with Gasteiger partial charge in [0.15, 0.2) is 0 Å². The van der Waals surface area contributed by atoms with Crippen LogP contribution in [0, 0.1) is 13.8 Å². The van der Waals surface area contributed by atoms with Gasteiger partial charge >= 0.3 is 6.03 Å². The van der Waals surface area contributed by atoms with Gasteiger partial charge in [-0.1, -0.05) is 6.07 Å². The molecule has 0 radical (unpaired) electrons. The van der Waals surface area contributed by atoms with Gasteiger partial charge in [-0.2, -0.15) is 5.10 Å². The van der Waals surface area contributed by atoms with Crippen LogP contribution in [-0.4, -0.2) is 65.6 Å². The molecule has 8 nitrogen and oxygen atoms in total. The van der Waals surface area contributed by atoms with E-state index in [0.717, 1.165) is 35.9 Å². The Hall–Kier alpha value is -2.61. The summed E-state index contributed by atoms with van der Waals surface area (Å²) < 4.78 is 7.06. The van der Waals surface area contributed by atoms with Crippen molar-refractivity contribution in [2.45, 2.75) is 26.9 Å². The van der Waals surface area contributed by atoms with Crippen molar-refractivity contribution < 1.29 is 9.53 Å². The third kappa shape index (κ3) is 4.57. The molecule has 27 heavy (non-hydrogen) atoms. The van der Waals surface area contributed by atoms with Gasteiger partial charge in [0, 0.05) is 57.3 Å². The molecule has 0 aliphatic carbocycles. The largest absolute Gasteiger partial charge is 0.383 e. The lowest BCUT2D eigenvalue weighted by atomic mass is 10.2. The van der Waals surface area contributed by atoms with Crippen molar-refractivity contribution in [2.75, 3.05) is 44.8 Å². The summed E-state index contributed by atoms with van der Waals surface area (Å²) in [6.45, 7) is 8.78. The first-order chi connectivity index (χ1) is 13.1. The van der Waals surface area contributed by atoms with E-state index in [-0.39, 0.29) is 6.03 Å². The van der Waals surface area contributed by atoms with Crippen LogP contribution in [0.3, 0.4) is 0 Å². The Balaban J connectivity index is 1.51. The van der Waals surface area contributed by atoms with Crippen LogP contribution in [-0.2, 0) is 17.8 Å². The number of methoxy groups -OCH3 is 1. The van der Waals surface area contributed by atoms with E-state index in [4.69, 9.17) is 4.74 Å². The molecule has 3 rings (SSSR count). The maximum Gasteiger partial charge on any atom is 0.317 e. The molecule has 0 unspecified atom stereocenters. The van der Waals surface area contributed by atoms with Gasteiger partial charge in [-0.25, -0.2) is 9.78 Å². The molecule has 146 valence electrons. The summed E-state index contributed by atoms with van der Waals surface area (Å²) >= 11 is 0. The number of aryl methyl sites for hydroxylation is 1. The van der Waals surface area contributed by atoms with Crippen molar-refractivity contribution in [3.05, 3.63) is 41.3 Å². The van der Waals surface area contributed by atoms with Gasteiger partial charge in [0.05, 0.1) is 18.8 Å². The number of pyridine rings is 1. The normalized spacial score (nSPS) is 14.5. The Kier molecular flexibility index (Phi) is 6.28. The van der Waals surface area contributed by atoms with E-state index < -0.39 is 0 Å². The van der Waals surface area contributed by atoms with Crippen molar-refractivity contribution in [3.63, 3.8) is 0 Å². The van der Waals surface area contributed by atoms with Crippen LogP contribution in [0.25, 0.3) is 0 Å². The van der Waals surface area contributed by atoms with Crippen LogP contribution in [0.1, 0.15) is 17.0 Å². The fourth-order valence-electron chi connectivity index (χ4n) is 3.34. The van der Waals surface area contributed by atoms with Gasteiger partial charge in [0.1, 0.15) is 5.82 Å². The first kappa shape index (κ1) is 19.2. The molecule has 0 atom stereocenters. The van der Waals surface area contributed by atoms with E-state index in [1.54, 1.807) is 13.3 Å². The fraction of sp³-hybridized carbons (Fsp3) is 0.526. The van der Waals surface area contributed by atoms with Crippen LogP contribution in [0.4, 0.5) is 10.6 Å². The lowest BCUT2D eigenvalue weighted by Gasteiger charge is -2.35. The summed E-state index contributed by atoms with van der Waals surface area (Å²) in [4.78, 5) is 21.0. The SMILES string of the molecule is COCCn1nc(C)c(CNC(=O)N2CCN(c3ccccn3)CC2)c1C. The number of nitrogens with zero attached hydrogens (tertiary/aromatic N) is 5. The molecule has 0 saturated carbocycles. The number of nitrogens with one attached hydrogen (secondary N) is 1. The fourth-order valence-corrected chi connectivity index (χ4v) is 3.34. The minimum atomic E-state index is -0.0286. The zero-order chi connectivity index (χ0) is 19.2. The molecule has 3 heterocycles. The molecule has 2 aromatic heterocycles. The molecule has 0 spiro atoms. The van der Waals surface area contributed by atoms with Gasteiger partial charge in [-0.3, -0.25) is 4.68 Å². The molecule has 0 bridgehead atoms. The van der Waals surface area contributed by atoms with Gasteiger partial charge in [-0.05, 0) is 26.0 Å². The van der Waals surface area contributed by atoms with Crippen LogP contribution in [0.5, 0.6) is 0 Å². The molecular formula is C19H28N6O2. The number of aromatic nitrogens is 3. The Bertz CT molecular complexity index is 753. The van der Waals surface area contributed by atoms with Crippen LogP contribution >= 0.6 is 0 Å². The number of urea groups is 1. The molecular weight excluding hydrogens is 344 g/mol. The number of amides is 2. The van der Waals surface area contributed by atoms with Gasteiger partial charge in [0.25, 0.3) is 0 Å². The quantitative estimate of drug-likeness (QED) is 0.833. The summed E-state index contributed by atoms with van der Waals surface area (Å²) in [5, 5.41) is 7.58. The van der Waals surface area contributed by atoms with Crippen molar-refractivity contribution in [1.29, 1.82) is 0 Å². The topological polar surface area (TPSA) is 75.5 Å². The summed E-state index contributed by atoms with van der Waals surface area (Å²) in [6, 6.07) is 5.87. The average Bonchev–Trinajstić information content (AvgIpc) is 2.98. The van der Waals surface area contributed by atoms with Gasteiger partial charge < -0.3 is 19.9 Å². The number of rotatable bonds is 6. The zero-order valence-corrected chi connectivity index (χ0v) is 16.3. The van der Waals surface area contributed by atoms with E-state index in [1.807, 2.05) is 41.6 Å². The smallest absolute Gasteiger partial charge is 0.317 e. The summed E-state index contributed by atoms with van der Waals surface area (Å²) in [7, 11) is 1.68. The van der Waals surface area contributed by atoms with Crippen LogP contribution < -0.4 is 10.2 Å². The molecule has 8 heteroatoms. The van der Waals surface area contributed by atoms with Gasteiger partial charge in [0.2, 0.25) is 0 Å². The number of carbonyl (C=O) groups is 1. The van der Waals surface area contributed by atoms with E-state index in [1.165, 1.54) is 0 Å². The molecule has 1 saturated heterocycles. The van der Waals surface area contributed by atoms with Crippen molar-refractivity contribution in [2.24, 2.45) is 0 Å². The average molecular weight is 372 g/mol. The molecule has 1 aliphatic rings. The van der Waals surface area contributed by atoms with Gasteiger partial charge in [-0.15, -0.1) is 0 Å². The molecule has 1 aliphatic heterocycles. The number of anilines is 1. The number of hydrogen-bond donors (Lipinski definition) is 1. The second kappa shape index (κ2) is 8.85. The zero-order valence-electron chi connectivity index (χ0n) is 16.3. The van der Waals surface area contributed by atoms with E-state index in [9.17, 15) is 4.79 Å². The molecule has 2 amide bonds. The predicted octanol–water partition coefficient (Wildman–Crippen LogP) is 1.57. The molecule has 1 N–H and O–H groups in total. The summed E-state index contributed by atoms with van der Waals surface area (Å²) in [5.74, 6) is 0.965. The van der Waals surface area contributed by atoms with Crippen molar-refractivity contribution in [1.82, 2.24) is 25.0 Å². The molecule has 2 aromatic rings. The first-order valence-corrected chi connectivity index (χ1v) is 9.30. The number of carbonyl (C=O) groups excluding carboxylic acids is 1. The predicted molar refractivity (Wildman–Crippen MR) is 104 cm³/mol. The Morgan fingerprint density at radius 3 is 2.67 bits per heavy atom. The van der Waals surface area contributed by atoms with E-state index in [2.05, 4.69) is 20.3 Å². The highest BCUT2D eigenvalue weighted by Crippen LogP contribution is 2.14. The summed E-state index contributed by atoms with van der Waals surface area (Å²) in [6.07, 6.45) is 1.80. The van der Waals surface area contributed by atoms with Crippen molar-refractivity contribution in [3.8, 4) is 0 Å². The maximum absolute atomic E-state index is 12.5. The second-order valence-electron chi connectivity index (χ2n) is 6.69. The molecule has 0 aromatic carbocycles. The van der Waals surface area contributed by atoms with E-state index in [0.29, 0.717) is 32.8 Å². The highest BCUT2D eigenvalue weighted by Gasteiger charge is 2.22. The van der Waals surface area contributed by atoms with Crippen LogP contribution in [0.15, 0.2) is 24.4 Å². The lowest BCUT2D eigenvalue weighted by Crippen LogP contribution is -2.51. The van der Waals surface area contributed by atoms with Crippen molar-refractivity contribution >= 4 is 11.8 Å². The Labute approximate surface area is 160 Å². The maximum atomic E-state index is 12.5. The highest BCUT2D eigenvalue weighted by molar-refractivity contribution is 5.74. The number of piperazine rings is 1. The Morgan fingerprint density at radius 2 is 2.00 bits per heavy atom. The standard InChI is InChI=1S/C19H28N6O2/c1-15-17(16(2)25(22-15)12-13-27-3)14-21-19(26)24-10-8-23(9-11-24)18-6-4-5-7-20-18/h4-7H,8-14H2,1-3H3,(H,21,26). The van der Waals surface area contributed by atoms with E-state index >= 15 is 0 Å². The third-order valence-corrected chi connectivity index (χ3v) is 5.00. The number of ether oxygens (including phenoxy) is 1. The monoisotopic (exact) mass is 372 g/mol. The number of hydrogen-bond acceptors (Lipinski definition) is 5. The third-order valence-electron chi connectivity index (χ3n) is 5.00. The lowest BCUT2D eigenvalue weighted by molar-refractivity contribution is 0.182. The van der Waals surface area contributed by atoms with Crippen LogP contribution in [0.2, 0.25) is 0 Å². The minimum Gasteiger partial charge on any atom is -0.383 e. The minimum absolute atomic E-state index is 0.0286. The Morgan fingerprint density at radius 1 is 1.22 bits per heavy atom. The highest BCUT2D eigenvalue weighted by atomic mass is 16.5. The first-order valence-electron chi connectivity index (χ1n) is 9.30. The second-order valence-corrected chi connectivity index (χ2v) is 6.69. The molecule has 1 fully saturated rings. The summed E-state index contributed by atoms with van der Waals surface area (Å²) in [5.41, 5.74) is 3.10.